The quantitative estimate of drug-likeness (QED) is 0.161. The van der Waals surface area contributed by atoms with Crippen LogP contribution in [0.15, 0.2) is 24.3 Å². The molecule has 0 spiro atoms. The van der Waals surface area contributed by atoms with Crippen molar-refractivity contribution in [1.82, 2.24) is 0 Å². The van der Waals surface area contributed by atoms with Gasteiger partial charge < -0.3 is 9.47 Å². The number of aryl methyl sites for hydroxylation is 1. The minimum absolute atomic E-state index is 0.0165. The summed E-state index contributed by atoms with van der Waals surface area (Å²) in [6.07, 6.45) is 13.6. The molecule has 0 amide bonds. The Bertz CT molecular complexity index is 673. The van der Waals surface area contributed by atoms with Gasteiger partial charge in [0, 0.05) is 12.8 Å². The van der Waals surface area contributed by atoms with Gasteiger partial charge in [0.15, 0.2) is 0 Å². The molecule has 0 radical (unpaired) electrons. The van der Waals surface area contributed by atoms with E-state index < -0.39 is 5.60 Å². The summed E-state index contributed by atoms with van der Waals surface area (Å²) in [6.45, 7) is 10.6. The number of carbonyl (C=O) groups excluding carboxylic acids is 1. The molecule has 3 nitrogen and oxygen atoms in total. The largest absolute Gasteiger partial charge is 0.460 e. The Kier molecular flexibility index (Phi) is 14.8. The minimum Gasteiger partial charge on any atom is -0.460 e. The van der Waals surface area contributed by atoms with Gasteiger partial charge in [-0.25, -0.2) is 0 Å². The van der Waals surface area contributed by atoms with E-state index >= 15 is 0 Å². The SMILES string of the molecule is CCCCCCCCCCC#C[C@@H](C)OCCc1ccc(CCC(=O)OC(C)(C)C)cc1. The van der Waals surface area contributed by atoms with E-state index in [0.29, 0.717) is 19.4 Å². The van der Waals surface area contributed by atoms with Crippen LogP contribution in [0.5, 0.6) is 0 Å². The predicted octanol–water partition coefficient (Wildman–Crippen LogP) is 7.44. The number of hydrogen-bond donors (Lipinski definition) is 0. The molecule has 0 aliphatic rings. The van der Waals surface area contributed by atoms with Crippen molar-refractivity contribution in [3.8, 4) is 11.8 Å². The number of benzene rings is 1. The van der Waals surface area contributed by atoms with Crippen LogP contribution in [0.1, 0.15) is 110 Å². The van der Waals surface area contributed by atoms with Crippen LogP contribution in [-0.2, 0) is 27.1 Å². The normalized spacial score (nSPS) is 12.2. The monoisotopic (exact) mass is 442 g/mol. The minimum atomic E-state index is -0.421. The van der Waals surface area contributed by atoms with E-state index in [1.54, 1.807) is 0 Å². The lowest BCUT2D eigenvalue weighted by Crippen LogP contribution is -2.24. The first-order chi connectivity index (χ1) is 15.3. The molecule has 1 aromatic rings. The fraction of sp³-hybridized carbons (Fsp3) is 0.690. The second kappa shape index (κ2) is 16.8. The van der Waals surface area contributed by atoms with Gasteiger partial charge in [-0.3, -0.25) is 4.79 Å². The van der Waals surface area contributed by atoms with E-state index in [4.69, 9.17) is 9.47 Å². The van der Waals surface area contributed by atoms with Crippen molar-refractivity contribution in [2.45, 2.75) is 123 Å². The summed E-state index contributed by atoms with van der Waals surface area (Å²) in [5.74, 6) is 6.36. The number of rotatable bonds is 15. The second-order valence-corrected chi connectivity index (χ2v) is 9.71. The molecule has 32 heavy (non-hydrogen) atoms. The van der Waals surface area contributed by atoms with Crippen LogP contribution < -0.4 is 0 Å². The molecule has 0 unspecified atom stereocenters. The molecule has 0 saturated carbocycles. The van der Waals surface area contributed by atoms with Crippen LogP contribution in [0.3, 0.4) is 0 Å². The lowest BCUT2D eigenvalue weighted by molar-refractivity contribution is -0.154. The van der Waals surface area contributed by atoms with E-state index in [1.807, 2.05) is 27.7 Å². The van der Waals surface area contributed by atoms with Gasteiger partial charge in [-0.1, -0.05) is 82.1 Å². The standard InChI is InChI=1S/C29H46O3/c1-6-7-8-9-10-11-12-13-14-15-16-25(2)31-24-23-27-19-17-26(18-20-27)21-22-28(30)32-29(3,4)5/h17-20,25H,6-14,21-24H2,1-5H3/t25-/m1/s1. The highest BCUT2D eigenvalue weighted by molar-refractivity contribution is 5.70. The van der Waals surface area contributed by atoms with E-state index in [9.17, 15) is 4.79 Å². The highest BCUT2D eigenvalue weighted by Gasteiger charge is 2.15. The van der Waals surface area contributed by atoms with Crippen molar-refractivity contribution in [3.05, 3.63) is 35.4 Å². The van der Waals surface area contributed by atoms with Gasteiger partial charge >= 0.3 is 5.97 Å². The fourth-order valence-corrected chi connectivity index (χ4v) is 3.47. The molecule has 0 bridgehead atoms. The van der Waals surface area contributed by atoms with E-state index in [1.165, 1.54) is 56.9 Å². The topological polar surface area (TPSA) is 35.5 Å². The number of ether oxygens (including phenoxy) is 2. The molecule has 0 heterocycles. The summed E-state index contributed by atoms with van der Waals surface area (Å²) in [4.78, 5) is 11.8. The third-order valence-corrected chi connectivity index (χ3v) is 5.28. The van der Waals surface area contributed by atoms with Gasteiger partial charge in [0.05, 0.1) is 6.61 Å². The molecule has 0 aliphatic carbocycles. The van der Waals surface area contributed by atoms with Gasteiger partial charge in [0.25, 0.3) is 0 Å². The van der Waals surface area contributed by atoms with Crippen LogP contribution >= 0.6 is 0 Å². The Labute approximate surface area is 197 Å². The summed E-state index contributed by atoms with van der Waals surface area (Å²) >= 11 is 0. The zero-order valence-corrected chi connectivity index (χ0v) is 21.3. The summed E-state index contributed by atoms with van der Waals surface area (Å²) in [5, 5.41) is 0. The molecule has 0 saturated heterocycles. The maximum atomic E-state index is 11.8. The lowest BCUT2D eigenvalue weighted by Gasteiger charge is -2.19. The van der Waals surface area contributed by atoms with Gasteiger partial charge in [-0.05, 0) is 58.1 Å². The molecule has 1 atom stereocenters. The van der Waals surface area contributed by atoms with Crippen LogP contribution in [0.4, 0.5) is 0 Å². The first-order valence-electron chi connectivity index (χ1n) is 12.7. The Hall–Kier alpha value is -1.79. The fourth-order valence-electron chi connectivity index (χ4n) is 3.47. The summed E-state index contributed by atoms with van der Waals surface area (Å²) in [5.41, 5.74) is 1.97. The molecule has 0 N–H and O–H groups in total. The first kappa shape index (κ1) is 28.2. The number of esters is 1. The predicted molar refractivity (Wildman–Crippen MR) is 135 cm³/mol. The molecule has 0 fully saturated rings. The van der Waals surface area contributed by atoms with Gasteiger partial charge in [-0.15, -0.1) is 5.92 Å². The maximum Gasteiger partial charge on any atom is 0.306 e. The van der Waals surface area contributed by atoms with Crippen molar-refractivity contribution in [3.63, 3.8) is 0 Å². The third-order valence-electron chi connectivity index (χ3n) is 5.28. The Balaban J connectivity index is 2.13. The number of carbonyl (C=O) groups is 1. The Morgan fingerprint density at radius 2 is 1.47 bits per heavy atom. The van der Waals surface area contributed by atoms with Crippen molar-refractivity contribution < 1.29 is 14.3 Å². The van der Waals surface area contributed by atoms with Gasteiger partial charge in [0.1, 0.15) is 11.7 Å². The molecule has 0 aromatic heterocycles. The number of hydrogen-bond acceptors (Lipinski definition) is 3. The molecular weight excluding hydrogens is 396 g/mol. The third kappa shape index (κ3) is 15.9. The highest BCUT2D eigenvalue weighted by atomic mass is 16.6. The van der Waals surface area contributed by atoms with Crippen molar-refractivity contribution in [2.24, 2.45) is 0 Å². The summed E-state index contributed by atoms with van der Waals surface area (Å²) < 4.78 is 11.2. The Morgan fingerprint density at radius 1 is 0.906 bits per heavy atom. The summed E-state index contributed by atoms with van der Waals surface area (Å²) in [7, 11) is 0. The molecule has 0 aliphatic heterocycles. The van der Waals surface area contributed by atoms with Crippen LogP contribution in [0.2, 0.25) is 0 Å². The molecule has 3 heteroatoms. The Morgan fingerprint density at radius 3 is 2.06 bits per heavy atom. The zero-order chi connectivity index (χ0) is 23.7. The zero-order valence-electron chi connectivity index (χ0n) is 21.3. The average molecular weight is 443 g/mol. The number of unbranched alkanes of at least 4 members (excludes halogenated alkanes) is 8. The van der Waals surface area contributed by atoms with E-state index in [-0.39, 0.29) is 12.1 Å². The average Bonchev–Trinajstić information content (AvgIpc) is 2.73. The second-order valence-electron chi connectivity index (χ2n) is 9.71. The summed E-state index contributed by atoms with van der Waals surface area (Å²) in [6, 6.07) is 8.41. The van der Waals surface area contributed by atoms with Gasteiger partial charge in [-0.2, -0.15) is 0 Å². The molecule has 1 aromatic carbocycles. The van der Waals surface area contributed by atoms with Crippen LogP contribution in [-0.4, -0.2) is 24.3 Å². The molecule has 180 valence electrons. The first-order valence-corrected chi connectivity index (χ1v) is 12.7. The smallest absolute Gasteiger partial charge is 0.306 e. The van der Waals surface area contributed by atoms with Gasteiger partial charge in [0.2, 0.25) is 0 Å². The maximum absolute atomic E-state index is 11.8. The van der Waals surface area contributed by atoms with Crippen molar-refractivity contribution in [1.29, 1.82) is 0 Å². The van der Waals surface area contributed by atoms with Crippen molar-refractivity contribution >= 4 is 5.97 Å². The molecule has 1 rings (SSSR count). The van der Waals surface area contributed by atoms with Crippen molar-refractivity contribution in [2.75, 3.05) is 6.61 Å². The van der Waals surface area contributed by atoms with E-state index in [2.05, 4.69) is 43.0 Å². The van der Waals surface area contributed by atoms with E-state index in [0.717, 1.165) is 18.4 Å². The van der Waals surface area contributed by atoms with Crippen LogP contribution in [0, 0.1) is 11.8 Å². The van der Waals surface area contributed by atoms with Crippen LogP contribution in [0.25, 0.3) is 0 Å². The highest BCUT2D eigenvalue weighted by Crippen LogP contribution is 2.12. The lowest BCUT2D eigenvalue weighted by atomic mass is 10.1. The molecular formula is C29H46O3.